The zero-order valence-electron chi connectivity index (χ0n) is 8.66. The standard InChI is InChI=1S/C12H15NO2/c13-10-2-1-9-8-15-12(11(9)7-10)3-5-14-6-4-12/h1-2,7H,3-6,8,13H2. The minimum Gasteiger partial charge on any atom is -0.399 e. The molecule has 0 bridgehead atoms. The van der Waals surface area contributed by atoms with Gasteiger partial charge in [-0.2, -0.15) is 0 Å². The molecule has 2 heterocycles. The molecule has 1 fully saturated rings. The second-order valence-electron chi connectivity index (χ2n) is 4.31. The third kappa shape index (κ3) is 1.34. The SMILES string of the molecule is Nc1ccc2c(c1)C1(CCOCC1)OC2. The van der Waals surface area contributed by atoms with Crippen molar-refractivity contribution in [3.8, 4) is 0 Å². The number of nitrogen functional groups attached to an aromatic ring is 1. The first kappa shape index (κ1) is 9.19. The molecule has 0 radical (unpaired) electrons. The first-order chi connectivity index (χ1) is 7.30. The molecule has 0 saturated carbocycles. The van der Waals surface area contributed by atoms with E-state index in [0.717, 1.165) is 38.3 Å². The van der Waals surface area contributed by atoms with Gasteiger partial charge in [0.1, 0.15) is 0 Å². The van der Waals surface area contributed by atoms with E-state index >= 15 is 0 Å². The van der Waals surface area contributed by atoms with Crippen LogP contribution in [0.3, 0.4) is 0 Å². The van der Waals surface area contributed by atoms with Gasteiger partial charge in [-0.3, -0.25) is 0 Å². The Hall–Kier alpha value is -1.06. The molecule has 2 aliphatic rings. The number of anilines is 1. The van der Waals surface area contributed by atoms with Crippen LogP contribution >= 0.6 is 0 Å². The molecular weight excluding hydrogens is 190 g/mol. The van der Waals surface area contributed by atoms with E-state index < -0.39 is 0 Å². The predicted octanol–water partition coefficient (Wildman–Crippen LogP) is 1.80. The number of ether oxygens (including phenoxy) is 2. The molecule has 2 N–H and O–H groups in total. The molecule has 0 atom stereocenters. The van der Waals surface area contributed by atoms with E-state index in [-0.39, 0.29) is 5.60 Å². The van der Waals surface area contributed by atoms with Crippen LogP contribution in [0.2, 0.25) is 0 Å². The number of fused-ring (bicyclic) bond motifs is 2. The maximum Gasteiger partial charge on any atom is 0.0983 e. The van der Waals surface area contributed by atoms with Crippen molar-refractivity contribution < 1.29 is 9.47 Å². The Morgan fingerprint density at radius 3 is 2.80 bits per heavy atom. The quantitative estimate of drug-likeness (QED) is 0.657. The summed E-state index contributed by atoms with van der Waals surface area (Å²) in [6.07, 6.45) is 1.90. The summed E-state index contributed by atoms with van der Waals surface area (Å²) in [5.41, 5.74) is 9.12. The van der Waals surface area contributed by atoms with Crippen LogP contribution in [0.4, 0.5) is 5.69 Å². The number of benzene rings is 1. The summed E-state index contributed by atoms with van der Waals surface area (Å²) in [5.74, 6) is 0. The van der Waals surface area contributed by atoms with Crippen molar-refractivity contribution in [1.29, 1.82) is 0 Å². The van der Waals surface area contributed by atoms with Crippen molar-refractivity contribution in [3.63, 3.8) is 0 Å². The van der Waals surface area contributed by atoms with Gasteiger partial charge in [0.25, 0.3) is 0 Å². The molecule has 3 rings (SSSR count). The number of hydrogen-bond acceptors (Lipinski definition) is 3. The van der Waals surface area contributed by atoms with Gasteiger partial charge in [-0.1, -0.05) is 6.07 Å². The molecule has 80 valence electrons. The summed E-state index contributed by atoms with van der Waals surface area (Å²) < 4.78 is 11.4. The van der Waals surface area contributed by atoms with E-state index in [4.69, 9.17) is 15.2 Å². The maximum atomic E-state index is 5.97. The maximum absolute atomic E-state index is 5.97. The van der Waals surface area contributed by atoms with Gasteiger partial charge in [0.05, 0.1) is 12.2 Å². The second kappa shape index (κ2) is 3.22. The van der Waals surface area contributed by atoms with Crippen molar-refractivity contribution in [2.45, 2.75) is 25.0 Å². The number of rotatable bonds is 0. The van der Waals surface area contributed by atoms with Crippen LogP contribution < -0.4 is 5.73 Å². The minimum atomic E-state index is -0.108. The predicted molar refractivity (Wildman–Crippen MR) is 57.4 cm³/mol. The van der Waals surface area contributed by atoms with Crippen molar-refractivity contribution in [3.05, 3.63) is 29.3 Å². The van der Waals surface area contributed by atoms with Crippen LogP contribution in [-0.4, -0.2) is 13.2 Å². The highest BCUT2D eigenvalue weighted by Gasteiger charge is 2.41. The van der Waals surface area contributed by atoms with Crippen molar-refractivity contribution in [2.24, 2.45) is 0 Å². The summed E-state index contributed by atoms with van der Waals surface area (Å²) in [6, 6.07) is 6.09. The fourth-order valence-electron chi connectivity index (χ4n) is 2.55. The van der Waals surface area contributed by atoms with Crippen LogP contribution in [0.5, 0.6) is 0 Å². The van der Waals surface area contributed by atoms with E-state index in [2.05, 4.69) is 12.1 Å². The molecule has 0 unspecified atom stereocenters. The van der Waals surface area contributed by atoms with E-state index in [1.165, 1.54) is 11.1 Å². The average Bonchev–Trinajstić information content (AvgIpc) is 2.59. The van der Waals surface area contributed by atoms with Gasteiger partial charge in [-0.15, -0.1) is 0 Å². The molecule has 0 aromatic heterocycles. The lowest BCUT2D eigenvalue weighted by molar-refractivity contribution is -0.107. The van der Waals surface area contributed by atoms with Gasteiger partial charge in [-0.05, 0) is 23.3 Å². The average molecular weight is 205 g/mol. The first-order valence-electron chi connectivity index (χ1n) is 5.41. The van der Waals surface area contributed by atoms with Crippen molar-refractivity contribution in [1.82, 2.24) is 0 Å². The van der Waals surface area contributed by atoms with E-state index in [0.29, 0.717) is 0 Å². The molecule has 2 aliphatic heterocycles. The van der Waals surface area contributed by atoms with Crippen LogP contribution in [0.25, 0.3) is 0 Å². The molecule has 3 nitrogen and oxygen atoms in total. The Kier molecular flexibility index (Phi) is 1.97. The fourth-order valence-corrected chi connectivity index (χ4v) is 2.55. The summed E-state index contributed by atoms with van der Waals surface area (Å²) in [5, 5.41) is 0. The minimum absolute atomic E-state index is 0.108. The lowest BCUT2D eigenvalue weighted by Gasteiger charge is -2.33. The molecule has 15 heavy (non-hydrogen) atoms. The van der Waals surface area contributed by atoms with Gasteiger partial charge < -0.3 is 15.2 Å². The summed E-state index contributed by atoms with van der Waals surface area (Å²) in [7, 11) is 0. The highest BCUT2D eigenvalue weighted by Crippen LogP contribution is 2.44. The lowest BCUT2D eigenvalue weighted by atomic mass is 9.85. The molecule has 1 aromatic carbocycles. The number of hydrogen-bond donors (Lipinski definition) is 1. The largest absolute Gasteiger partial charge is 0.399 e. The van der Waals surface area contributed by atoms with Gasteiger partial charge in [-0.25, -0.2) is 0 Å². The van der Waals surface area contributed by atoms with Gasteiger partial charge >= 0.3 is 0 Å². The molecular formula is C12H15NO2. The van der Waals surface area contributed by atoms with Gasteiger partial charge in [0, 0.05) is 31.7 Å². The van der Waals surface area contributed by atoms with Gasteiger partial charge in [0.2, 0.25) is 0 Å². The Labute approximate surface area is 89.2 Å². The zero-order chi connectivity index (χ0) is 10.3. The molecule has 1 spiro atoms. The Bertz CT molecular complexity index is 378. The zero-order valence-corrected chi connectivity index (χ0v) is 8.66. The topological polar surface area (TPSA) is 44.5 Å². The van der Waals surface area contributed by atoms with E-state index in [1.54, 1.807) is 0 Å². The molecule has 1 saturated heterocycles. The second-order valence-corrected chi connectivity index (χ2v) is 4.31. The smallest absolute Gasteiger partial charge is 0.0983 e. The lowest BCUT2D eigenvalue weighted by Crippen LogP contribution is -2.33. The van der Waals surface area contributed by atoms with Crippen molar-refractivity contribution >= 4 is 5.69 Å². The van der Waals surface area contributed by atoms with E-state index in [1.807, 2.05) is 6.07 Å². The molecule has 0 amide bonds. The van der Waals surface area contributed by atoms with E-state index in [9.17, 15) is 0 Å². The monoisotopic (exact) mass is 205 g/mol. The van der Waals surface area contributed by atoms with Crippen LogP contribution in [0.15, 0.2) is 18.2 Å². The van der Waals surface area contributed by atoms with Crippen LogP contribution in [0.1, 0.15) is 24.0 Å². The Morgan fingerprint density at radius 1 is 1.20 bits per heavy atom. The van der Waals surface area contributed by atoms with Crippen LogP contribution in [0, 0.1) is 0 Å². The Balaban J connectivity index is 2.05. The van der Waals surface area contributed by atoms with Gasteiger partial charge in [0.15, 0.2) is 0 Å². The molecule has 1 aromatic rings. The molecule has 3 heteroatoms. The van der Waals surface area contributed by atoms with Crippen LogP contribution in [-0.2, 0) is 21.7 Å². The number of nitrogens with two attached hydrogens (primary N) is 1. The van der Waals surface area contributed by atoms with Crippen molar-refractivity contribution in [2.75, 3.05) is 18.9 Å². The summed E-state index contributed by atoms with van der Waals surface area (Å²) in [4.78, 5) is 0. The third-order valence-corrected chi connectivity index (χ3v) is 3.43. The first-order valence-corrected chi connectivity index (χ1v) is 5.41. The highest BCUT2D eigenvalue weighted by molar-refractivity contribution is 5.48. The fraction of sp³-hybridized carbons (Fsp3) is 0.500. The molecule has 0 aliphatic carbocycles. The summed E-state index contributed by atoms with van der Waals surface area (Å²) in [6.45, 7) is 2.29. The highest BCUT2D eigenvalue weighted by atomic mass is 16.5. The summed E-state index contributed by atoms with van der Waals surface area (Å²) >= 11 is 0. The normalized spacial score (nSPS) is 22.9. The third-order valence-electron chi connectivity index (χ3n) is 3.43. The Morgan fingerprint density at radius 2 is 2.00 bits per heavy atom.